The molecule has 0 heterocycles. The topological polar surface area (TPSA) is 162 Å². The fourth-order valence-electron chi connectivity index (χ4n) is 3.74. The lowest BCUT2D eigenvalue weighted by atomic mass is 9.87. The lowest BCUT2D eigenvalue weighted by Crippen LogP contribution is -2.58. The van der Waals surface area contributed by atoms with E-state index in [1.165, 1.54) is 18.2 Å². The standard InChI is InChI=1S/C30H37NO12/c1-7-38-27(35)41-22-15-14-20(18-23(22)42-28(36)39-8-2)19-30(25(33)37-6,31-26(34)43-29(3,4)5)16-17-40-24(32)21-12-10-9-11-13-21/h9-15,18H,7-8,16-17,19H2,1-6H3,(H,31,34)/t30-/m1/s1. The van der Waals surface area contributed by atoms with E-state index in [0.717, 1.165) is 7.11 Å². The van der Waals surface area contributed by atoms with Crippen LogP contribution >= 0.6 is 0 Å². The number of hydrogen-bond acceptors (Lipinski definition) is 12. The molecule has 13 heteroatoms. The zero-order valence-electron chi connectivity index (χ0n) is 25.1. The van der Waals surface area contributed by atoms with Gasteiger partial charge in [0.1, 0.15) is 11.1 Å². The van der Waals surface area contributed by atoms with Gasteiger partial charge in [0.05, 0.1) is 32.5 Å². The van der Waals surface area contributed by atoms with Crippen LogP contribution in [0.15, 0.2) is 48.5 Å². The molecule has 2 rings (SSSR count). The average molecular weight is 604 g/mol. The minimum atomic E-state index is -1.82. The Hall–Kier alpha value is -4.81. The largest absolute Gasteiger partial charge is 0.513 e. The predicted octanol–water partition coefficient (Wildman–Crippen LogP) is 4.98. The van der Waals surface area contributed by atoms with Gasteiger partial charge in [0.15, 0.2) is 11.5 Å². The Bertz CT molecular complexity index is 1270. The normalized spacial score (nSPS) is 12.1. The van der Waals surface area contributed by atoms with Crippen LogP contribution in [0.25, 0.3) is 0 Å². The van der Waals surface area contributed by atoms with Crippen LogP contribution < -0.4 is 14.8 Å². The van der Waals surface area contributed by atoms with Gasteiger partial charge in [0.25, 0.3) is 0 Å². The third kappa shape index (κ3) is 11.2. The van der Waals surface area contributed by atoms with Gasteiger partial charge >= 0.3 is 30.3 Å². The second kappa shape index (κ2) is 16.0. The van der Waals surface area contributed by atoms with Crippen LogP contribution in [0.3, 0.4) is 0 Å². The highest BCUT2D eigenvalue weighted by molar-refractivity contribution is 5.89. The first-order valence-corrected chi connectivity index (χ1v) is 13.5. The van der Waals surface area contributed by atoms with Gasteiger partial charge in [0, 0.05) is 12.8 Å². The molecule has 2 aromatic carbocycles. The molecule has 0 spiro atoms. The SMILES string of the molecule is CCOC(=O)Oc1ccc(C[C@@](CCOC(=O)c2ccccc2)(NC(=O)OC(C)(C)C)C(=O)OC)cc1OC(=O)OCC. The Morgan fingerprint density at radius 3 is 1.95 bits per heavy atom. The van der Waals surface area contributed by atoms with Gasteiger partial charge in [-0.1, -0.05) is 24.3 Å². The van der Waals surface area contributed by atoms with Crippen LogP contribution in [-0.2, 0) is 34.9 Å². The lowest BCUT2D eigenvalue weighted by Gasteiger charge is -2.33. The fraction of sp³-hybridized carbons (Fsp3) is 0.433. The van der Waals surface area contributed by atoms with Crippen LogP contribution in [0.5, 0.6) is 11.5 Å². The van der Waals surface area contributed by atoms with Crippen molar-refractivity contribution in [3.8, 4) is 11.5 Å². The van der Waals surface area contributed by atoms with E-state index in [9.17, 15) is 24.0 Å². The molecule has 0 bridgehead atoms. The number of rotatable bonds is 12. The quantitative estimate of drug-likeness (QED) is 0.197. The van der Waals surface area contributed by atoms with E-state index in [1.807, 2.05) is 0 Å². The van der Waals surface area contributed by atoms with Crippen LogP contribution in [0.4, 0.5) is 14.4 Å². The molecule has 234 valence electrons. The number of benzene rings is 2. The highest BCUT2D eigenvalue weighted by Gasteiger charge is 2.43. The maximum Gasteiger partial charge on any atom is 0.513 e. The van der Waals surface area contributed by atoms with Crippen molar-refractivity contribution in [2.75, 3.05) is 26.9 Å². The molecule has 2 aromatic rings. The molecule has 0 saturated heterocycles. The van der Waals surface area contributed by atoms with Crippen molar-refractivity contribution in [3.63, 3.8) is 0 Å². The summed E-state index contributed by atoms with van der Waals surface area (Å²) in [5.41, 5.74) is -2.10. The minimum absolute atomic E-state index is 0.0134. The van der Waals surface area contributed by atoms with Gasteiger partial charge in [-0.25, -0.2) is 24.0 Å². The summed E-state index contributed by atoms with van der Waals surface area (Å²) in [6.07, 6.45) is -3.53. The number of methoxy groups -OCH3 is 1. The summed E-state index contributed by atoms with van der Waals surface area (Å²) in [4.78, 5) is 62.8. The molecular formula is C30H37NO12. The third-order valence-corrected chi connectivity index (χ3v) is 5.51. The number of hydrogen-bond donors (Lipinski definition) is 1. The number of amides is 1. The molecule has 0 aliphatic rings. The van der Waals surface area contributed by atoms with E-state index >= 15 is 0 Å². The highest BCUT2D eigenvalue weighted by Crippen LogP contribution is 2.32. The molecule has 1 amide bonds. The number of alkyl carbamates (subject to hydrolysis) is 1. The monoisotopic (exact) mass is 603 g/mol. The summed E-state index contributed by atoms with van der Waals surface area (Å²) in [7, 11) is 1.13. The average Bonchev–Trinajstić information content (AvgIpc) is 2.93. The molecule has 0 saturated carbocycles. The molecule has 1 atom stereocenters. The molecule has 0 unspecified atom stereocenters. The Morgan fingerprint density at radius 2 is 1.40 bits per heavy atom. The molecule has 0 aliphatic heterocycles. The summed E-state index contributed by atoms with van der Waals surface area (Å²) in [6, 6.07) is 12.3. The summed E-state index contributed by atoms with van der Waals surface area (Å²) in [5, 5.41) is 2.58. The second-order valence-corrected chi connectivity index (χ2v) is 9.98. The molecule has 0 fully saturated rings. The lowest BCUT2D eigenvalue weighted by molar-refractivity contribution is -0.149. The number of carbonyl (C=O) groups excluding carboxylic acids is 5. The maximum absolute atomic E-state index is 13.3. The zero-order valence-corrected chi connectivity index (χ0v) is 25.1. The molecule has 13 nitrogen and oxygen atoms in total. The van der Waals surface area contributed by atoms with Gasteiger partial charge in [-0.15, -0.1) is 0 Å². The summed E-state index contributed by atoms with van der Waals surface area (Å²) in [6.45, 7) is 7.86. The van der Waals surface area contributed by atoms with Crippen molar-refractivity contribution in [2.24, 2.45) is 0 Å². The van der Waals surface area contributed by atoms with E-state index in [1.54, 1.807) is 65.0 Å². The van der Waals surface area contributed by atoms with Crippen molar-refractivity contribution in [2.45, 2.75) is 58.6 Å². The maximum atomic E-state index is 13.3. The van der Waals surface area contributed by atoms with E-state index in [-0.39, 0.29) is 44.2 Å². The fourth-order valence-corrected chi connectivity index (χ4v) is 3.74. The van der Waals surface area contributed by atoms with Crippen LogP contribution in [0.2, 0.25) is 0 Å². The molecule has 0 aromatic heterocycles. The zero-order chi connectivity index (χ0) is 32.0. The Balaban J connectivity index is 2.47. The molecular weight excluding hydrogens is 566 g/mol. The van der Waals surface area contributed by atoms with Gasteiger partial charge in [-0.05, 0) is 64.4 Å². The summed E-state index contributed by atoms with van der Waals surface area (Å²) < 4.78 is 35.8. The van der Waals surface area contributed by atoms with E-state index in [0.29, 0.717) is 11.1 Å². The Morgan fingerprint density at radius 1 is 0.791 bits per heavy atom. The van der Waals surface area contributed by atoms with Crippen LogP contribution in [0, 0.1) is 0 Å². The first-order valence-electron chi connectivity index (χ1n) is 13.5. The number of esters is 2. The van der Waals surface area contributed by atoms with Crippen LogP contribution in [-0.4, -0.2) is 68.4 Å². The molecule has 0 aliphatic carbocycles. The molecule has 43 heavy (non-hydrogen) atoms. The van der Waals surface area contributed by atoms with Gasteiger partial charge < -0.3 is 38.5 Å². The number of carbonyl (C=O) groups is 5. The van der Waals surface area contributed by atoms with Crippen LogP contribution in [0.1, 0.15) is 57.0 Å². The van der Waals surface area contributed by atoms with Crippen molar-refractivity contribution >= 4 is 30.3 Å². The van der Waals surface area contributed by atoms with Gasteiger partial charge in [-0.2, -0.15) is 0 Å². The van der Waals surface area contributed by atoms with Gasteiger partial charge in [0.2, 0.25) is 0 Å². The minimum Gasteiger partial charge on any atom is -0.467 e. The number of ether oxygens (including phenoxy) is 7. The predicted molar refractivity (Wildman–Crippen MR) is 151 cm³/mol. The van der Waals surface area contributed by atoms with E-state index < -0.39 is 41.5 Å². The Labute approximate surface area is 249 Å². The highest BCUT2D eigenvalue weighted by atomic mass is 16.7. The van der Waals surface area contributed by atoms with Crippen molar-refractivity contribution in [1.29, 1.82) is 0 Å². The van der Waals surface area contributed by atoms with Crippen molar-refractivity contribution < 1.29 is 57.1 Å². The second-order valence-electron chi connectivity index (χ2n) is 9.98. The first-order chi connectivity index (χ1) is 20.3. The van der Waals surface area contributed by atoms with E-state index in [4.69, 9.17) is 33.2 Å². The smallest absolute Gasteiger partial charge is 0.467 e. The van der Waals surface area contributed by atoms with Gasteiger partial charge in [-0.3, -0.25) is 0 Å². The summed E-state index contributed by atoms with van der Waals surface area (Å²) >= 11 is 0. The summed E-state index contributed by atoms with van der Waals surface area (Å²) in [5.74, 6) is -1.90. The third-order valence-electron chi connectivity index (χ3n) is 5.51. The van der Waals surface area contributed by atoms with Crippen molar-refractivity contribution in [3.05, 3.63) is 59.7 Å². The number of nitrogens with one attached hydrogen (secondary N) is 1. The molecule has 0 radical (unpaired) electrons. The first kappa shape index (κ1) is 34.4. The van der Waals surface area contributed by atoms with E-state index in [2.05, 4.69) is 5.32 Å². The molecule has 1 N–H and O–H groups in total. The Kier molecular flexibility index (Phi) is 12.8. The van der Waals surface area contributed by atoms with Crippen molar-refractivity contribution in [1.82, 2.24) is 5.32 Å².